The van der Waals surface area contributed by atoms with Crippen molar-refractivity contribution in [3.8, 4) is 11.4 Å². The summed E-state index contributed by atoms with van der Waals surface area (Å²) < 4.78 is 2.07. The SMILES string of the molecule is Cc1cccc(-c2n[nH]c(=S)n2CC(=O)NC(C)(C)c2ccc(Cl)c(Cl)c2)c1. The number of carbonyl (C=O) groups is 1. The number of nitrogens with one attached hydrogen (secondary N) is 2. The molecule has 3 aromatic rings. The summed E-state index contributed by atoms with van der Waals surface area (Å²) in [5, 5.41) is 11.0. The van der Waals surface area contributed by atoms with Crippen LogP contribution < -0.4 is 5.32 Å². The molecule has 0 aliphatic heterocycles. The predicted molar refractivity (Wildman–Crippen MR) is 115 cm³/mol. The molecule has 1 heterocycles. The normalized spacial score (nSPS) is 11.5. The highest BCUT2D eigenvalue weighted by Gasteiger charge is 2.24. The van der Waals surface area contributed by atoms with E-state index in [1.165, 1.54) is 0 Å². The third-order valence-corrected chi connectivity index (χ3v) is 5.48. The molecule has 0 spiro atoms. The zero-order chi connectivity index (χ0) is 20.5. The molecular formula is C20H20Cl2N4OS. The van der Waals surface area contributed by atoms with Crippen LogP contribution in [0.3, 0.4) is 0 Å². The van der Waals surface area contributed by atoms with Gasteiger partial charge in [-0.1, -0.05) is 53.0 Å². The van der Waals surface area contributed by atoms with Gasteiger partial charge in [-0.25, -0.2) is 0 Å². The summed E-state index contributed by atoms with van der Waals surface area (Å²) in [6.07, 6.45) is 0. The van der Waals surface area contributed by atoms with Crippen LogP contribution in [0.25, 0.3) is 11.4 Å². The van der Waals surface area contributed by atoms with Crippen LogP contribution >= 0.6 is 35.4 Å². The second kappa shape index (κ2) is 8.07. The number of aromatic amines is 1. The molecule has 2 N–H and O–H groups in total. The first-order chi connectivity index (χ1) is 13.2. The average molecular weight is 435 g/mol. The number of hydrogen-bond acceptors (Lipinski definition) is 3. The first kappa shape index (κ1) is 20.6. The van der Waals surface area contributed by atoms with E-state index in [1.54, 1.807) is 16.7 Å². The van der Waals surface area contributed by atoms with E-state index in [2.05, 4.69) is 15.5 Å². The van der Waals surface area contributed by atoms with Gasteiger partial charge in [-0.05, 0) is 56.8 Å². The van der Waals surface area contributed by atoms with Crippen LogP contribution in [0.1, 0.15) is 25.0 Å². The number of H-pyrrole nitrogens is 1. The summed E-state index contributed by atoms with van der Waals surface area (Å²) in [6.45, 7) is 5.85. The summed E-state index contributed by atoms with van der Waals surface area (Å²) in [4.78, 5) is 12.8. The van der Waals surface area contributed by atoms with Gasteiger partial charge in [0.1, 0.15) is 6.54 Å². The summed E-state index contributed by atoms with van der Waals surface area (Å²) in [6, 6.07) is 13.2. The van der Waals surface area contributed by atoms with E-state index in [4.69, 9.17) is 35.4 Å². The zero-order valence-electron chi connectivity index (χ0n) is 15.7. The Balaban J connectivity index is 1.83. The maximum absolute atomic E-state index is 12.8. The van der Waals surface area contributed by atoms with Gasteiger partial charge >= 0.3 is 0 Å². The van der Waals surface area contributed by atoms with Crippen molar-refractivity contribution in [2.75, 3.05) is 0 Å². The van der Waals surface area contributed by atoms with E-state index < -0.39 is 5.54 Å². The first-order valence-electron chi connectivity index (χ1n) is 8.66. The maximum atomic E-state index is 12.8. The monoisotopic (exact) mass is 434 g/mol. The molecule has 28 heavy (non-hydrogen) atoms. The third kappa shape index (κ3) is 4.46. The lowest BCUT2D eigenvalue weighted by molar-refractivity contribution is -0.123. The van der Waals surface area contributed by atoms with Gasteiger partial charge in [0, 0.05) is 5.56 Å². The molecule has 1 aromatic heterocycles. The van der Waals surface area contributed by atoms with Gasteiger partial charge in [-0.2, -0.15) is 5.10 Å². The Kier molecular flexibility index (Phi) is 5.93. The fraction of sp³-hybridized carbons (Fsp3) is 0.250. The number of carbonyl (C=O) groups excluding carboxylic acids is 1. The third-order valence-electron chi connectivity index (χ3n) is 4.43. The molecule has 0 atom stereocenters. The summed E-state index contributed by atoms with van der Waals surface area (Å²) >= 11 is 17.4. The van der Waals surface area contributed by atoms with Gasteiger partial charge in [-0.3, -0.25) is 14.5 Å². The number of nitrogens with zero attached hydrogens (tertiary/aromatic N) is 2. The van der Waals surface area contributed by atoms with Crippen LogP contribution in [0.4, 0.5) is 0 Å². The molecule has 0 aliphatic carbocycles. The Morgan fingerprint density at radius 2 is 1.96 bits per heavy atom. The first-order valence-corrected chi connectivity index (χ1v) is 9.82. The van der Waals surface area contributed by atoms with E-state index in [0.717, 1.165) is 16.7 Å². The van der Waals surface area contributed by atoms with Crippen LogP contribution in [-0.4, -0.2) is 20.7 Å². The number of benzene rings is 2. The van der Waals surface area contributed by atoms with Crippen LogP contribution in [0, 0.1) is 11.7 Å². The zero-order valence-corrected chi connectivity index (χ0v) is 18.0. The van der Waals surface area contributed by atoms with Gasteiger partial charge < -0.3 is 5.32 Å². The molecular weight excluding hydrogens is 415 g/mol. The molecule has 0 unspecified atom stereocenters. The molecule has 5 nitrogen and oxygen atoms in total. The van der Waals surface area contributed by atoms with Gasteiger partial charge in [0.2, 0.25) is 5.91 Å². The lowest BCUT2D eigenvalue weighted by atomic mass is 9.94. The summed E-state index contributed by atoms with van der Waals surface area (Å²) in [7, 11) is 0. The minimum absolute atomic E-state index is 0.0450. The average Bonchev–Trinajstić information content (AvgIpc) is 2.97. The summed E-state index contributed by atoms with van der Waals surface area (Å²) in [5.41, 5.74) is 2.21. The minimum Gasteiger partial charge on any atom is -0.346 e. The fourth-order valence-corrected chi connectivity index (χ4v) is 3.45. The Bertz CT molecular complexity index is 1090. The van der Waals surface area contributed by atoms with Crippen molar-refractivity contribution in [2.45, 2.75) is 32.9 Å². The highest BCUT2D eigenvalue weighted by atomic mass is 35.5. The smallest absolute Gasteiger partial charge is 0.240 e. The van der Waals surface area contributed by atoms with E-state index in [1.807, 2.05) is 51.1 Å². The number of hydrogen-bond donors (Lipinski definition) is 2. The van der Waals surface area contributed by atoms with Crippen LogP contribution in [-0.2, 0) is 16.9 Å². The number of rotatable bonds is 5. The molecule has 0 saturated heterocycles. The molecule has 0 fully saturated rings. The van der Waals surface area contributed by atoms with Crippen molar-refractivity contribution in [1.29, 1.82) is 0 Å². The lowest BCUT2D eigenvalue weighted by Gasteiger charge is -2.27. The quantitative estimate of drug-likeness (QED) is 0.537. The van der Waals surface area contributed by atoms with E-state index in [-0.39, 0.29) is 12.5 Å². The largest absolute Gasteiger partial charge is 0.346 e. The molecule has 3 rings (SSSR count). The van der Waals surface area contributed by atoms with Crippen molar-refractivity contribution < 1.29 is 4.79 Å². The molecule has 0 aliphatic rings. The van der Waals surface area contributed by atoms with E-state index in [0.29, 0.717) is 20.6 Å². The van der Waals surface area contributed by atoms with Gasteiger partial charge in [0.25, 0.3) is 0 Å². The van der Waals surface area contributed by atoms with Crippen LogP contribution in [0.2, 0.25) is 10.0 Å². The van der Waals surface area contributed by atoms with E-state index >= 15 is 0 Å². The highest BCUT2D eigenvalue weighted by molar-refractivity contribution is 7.71. The van der Waals surface area contributed by atoms with Crippen molar-refractivity contribution in [3.05, 3.63) is 68.4 Å². The van der Waals surface area contributed by atoms with Gasteiger partial charge in [0.05, 0.1) is 15.6 Å². The standard InChI is InChI=1S/C20H20Cl2N4OS/c1-12-5-4-6-13(9-12)18-24-25-19(28)26(18)11-17(27)23-20(2,3)14-7-8-15(21)16(22)10-14/h4-10H,11H2,1-3H3,(H,23,27)(H,25,28). The predicted octanol–water partition coefficient (Wildman–Crippen LogP) is 5.27. The summed E-state index contributed by atoms with van der Waals surface area (Å²) in [5.74, 6) is 0.429. The Morgan fingerprint density at radius 3 is 2.64 bits per heavy atom. The second-order valence-electron chi connectivity index (χ2n) is 7.11. The van der Waals surface area contributed by atoms with Crippen molar-refractivity contribution in [2.24, 2.45) is 0 Å². The second-order valence-corrected chi connectivity index (χ2v) is 8.31. The highest BCUT2D eigenvalue weighted by Crippen LogP contribution is 2.28. The van der Waals surface area contributed by atoms with Gasteiger partial charge in [-0.15, -0.1) is 0 Å². The van der Waals surface area contributed by atoms with Crippen molar-refractivity contribution >= 4 is 41.3 Å². The molecule has 0 bridgehead atoms. The Labute approximate surface area is 178 Å². The van der Waals surface area contributed by atoms with Crippen LogP contribution in [0.5, 0.6) is 0 Å². The van der Waals surface area contributed by atoms with Crippen molar-refractivity contribution in [1.82, 2.24) is 20.1 Å². The molecule has 146 valence electrons. The Morgan fingerprint density at radius 1 is 1.21 bits per heavy atom. The Hall–Kier alpha value is -2.15. The molecule has 1 amide bonds. The van der Waals surface area contributed by atoms with Crippen LogP contribution in [0.15, 0.2) is 42.5 Å². The maximum Gasteiger partial charge on any atom is 0.240 e. The molecule has 8 heteroatoms. The minimum atomic E-state index is -0.638. The van der Waals surface area contributed by atoms with Crippen molar-refractivity contribution in [3.63, 3.8) is 0 Å². The number of amides is 1. The molecule has 0 radical (unpaired) electrons. The molecule has 2 aromatic carbocycles. The topological polar surface area (TPSA) is 62.7 Å². The van der Waals surface area contributed by atoms with E-state index in [9.17, 15) is 4.79 Å². The number of aromatic nitrogens is 3. The number of aryl methyl sites for hydroxylation is 1. The molecule has 0 saturated carbocycles. The van der Waals surface area contributed by atoms with Gasteiger partial charge in [0.15, 0.2) is 10.6 Å². The fourth-order valence-electron chi connectivity index (χ4n) is 2.96. The number of halogens is 2. The lowest BCUT2D eigenvalue weighted by Crippen LogP contribution is -2.42.